The first kappa shape index (κ1) is 21.8. The molecule has 0 saturated heterocycles. The first-order chi connectivity index (χ1) is 14.2. The molecule has 6 nitrogen and oxygen atoms in total. The topological polar surface area (TPSA) is 83.7 Å². The zero-order valence-corrected chi connectivity index (χ0v) is 18.4. The number of aliphatic imine (C=N–C) groups is 1. The maximum atomic E-state index is 13.5. The van der Waals surface area contributed by atoms with E-state index in [0.717, 1.165) is 22.3 Å². The van der Waals surface area contributed by atoms with E-state index in [4.69, 9.17) is 4.42 Å². The van der Waals surface area contributed by atoms with Gasteiger partial charge >= 0.3 is 0 Å². The highest BCUT2D eigenvalue weighted by Gasteiger charge is 2.13. The summed E-state index contributed by atoms with van der Waals surface area (Å²) >= 11 is 0. The predicted molar refractivity (Wildman–Crippen MR) is 117 cm³/mol. The highest BCUT2D eigenvalue weighted by atomic mass is 32.2. The van der Waals surface area contributed by atoms with Gasteiger partial charge in [-0.1, -0.05) is 12.1 Å². The Morgan fingerprint density at radius 3 is 2.57 bits per heavy atom. The first-order valence-corrected chi connectivity index (χ1v) is 11.6. The minimum atomic E-state index is -3.24. The van der Waals surface area contributed by atoms with Crippen LogP contribution in [-0.4, -0.2) is 27.2 Å². The van der Waals surface area contributed by atoms with Gasteiger partial charge in [0.05, 0.1) is 18.0 Å². The summed E-state index contributed by atoms with van der Waals surface area (Å²) < 4.78 is 42.9. The summed E-state index contributed by atoms with van der Waals surface area (Å²) in [6.07, 6.45) is 1.20. The lowest BCUT2D eigenvalue weighted by Gasteiger charge is -2.11. The van der Waals surface area contributed by atoms with Crippen LogP contribution in [0.4, 0.5) is 4.39 Å². The summed E-state index contributed by atoms with van der Waals surface area (Å²) in [5, 5.41) is 7.17. The third-order valence-electron chi connectivity index (χ3n) is 4.82. The highest BCUT2D eigenvalue weighted by Crippen LogP contribution is 2.25. The van der Waals surface area contributed by atoms with Crippen molar-refractivity contribution < 1.29 is 17.2 Å². The summed E-state index contributed by atoms with van der Waals surface area (Å²) in [6, 6.07) is 9.70. The molecule has 0 atom stereocenters. The van der Waals surface area contributed by atoms with Crippen LogP contribution >= 0.6 is 0 Å². The summed E-state index contributed by atoms with van der Waals surface area (Å²) in [4.78, 5) is 4.90. The van der Waals surface area contributed by atoms with Gasteiger partial charge in [0.15, 0.2) is 15.8 Å². The minimum Gasteiger partial charge on any atom is -0.459 e. The van der Waals surface area contributed by atoms with Crippen LogP contribution < -0.4 is 10.6 Å². The molecule has 1 heterocycles. The minimum absolute atomic E-state index is 0.294. The van der Waals surface area contributed by atoms with Gasteiger partial charge < -0.3 is 15.1 Å². The van der Waals surface area contributed by atoms with Gasteiger partial charge in [0.2, 0.25) is 0 Å². The molecule has 2 N–H and O–H groups in total. The summed E-state index contributed by atoms with van der Waals surface area (Å²) in [5.74, 6) is 1.03. The van der Waals surface area contributed by atoms with E-state index >= 15 is 0 Å². The molecule has 0 bridgehead atoms. The van der Waals surface area contributed by atoms with Crippen molar-refractivity contribution in [2.75, 3.05) is 12.8 Å². The van der Waals surface area contributed by atoms with E-state index in [2.05, 4.69) is 15.6 Å². The lowest BCUT2D eigenvalue weighted by atomic mass is 10.1. The first-order valence-electron chi connectivity index (χ1n) is 9.68. The van der Waals surface area contributed by atoms with Gasteiger partial charge in [-0.3, -0.25) is 0 Å². The number of fused-ring (bicyclic) bond motifs is 1. The number of benzene rings is 2. The summed E-state index contributed by atoms with van der Waals surface area (Å²) in [6.45, 7) is 7.13. The van der Waals surface area contributed by atoms with Gasteiger partial charge in [0.25, 0.3) is 0 Å². The van der Waals surface area contributed by atoms with Crippen molar-refractivity contribution in [1.29, 1.82) is 0 Å². The van der Waals surface area contributed by atoms with Crippen LogP contribution in [-0.2, 0) is 22.9 Å². The van der Waals surface area contributed by atoms with Crippen molar-refractivity contribution >= 4 is 26.8 Å². The van der Waals surface area contributed by atoms with Crippen molar-refractivity contribution in [3.63, 3.8) is 0 Å². The van der Waals surface area contributed by atoms with Gasteiger partial charge in [-0.25, -0.2) is 17.8 Å². The number of hydrogen-bond donors (Lipinski definition) is 2. The number of nitrogens with one attached hydrogen (secondary N) is 2. The second-order valence-electron chi connectivity index (χ2n) is 7.21. The van der Waals surface area contributed by atoms with Crippen molar-refractivity contribution in [2.45, 2.75) is 38.8 Å². The Bertz CT molecular complexity index is 1200. The average Bonchev–Trinajstić information content (AvgIpc) is 2.98. The lowest BCUT2D eigenvalue weighted by Crippen LogP contribution is -2.36. The number of furan rings is 1. The fourth-order valence-corrected chi connectivity index (χ4v) is 4.27. The summed E-state index contributed by atoms with van der Waals surface area (Å²) in [5.41, 5.74) is 3.15. The second kappa shape index (κ2) is 8.87. The third kappa shape index (κ3) is 4.99. The molecule has 2 aromatic carbocycles. The van der Waals surface area contributed by atoms with Crippen LogP contribution in [0.5, 0.6) is 0 Å². The Kier molecular flexibility index (Phi) is 6.45. The van der Waals surface area contributed by atoms with E-state index < -0.39 is 9.84 Å². The zero-order valence-electron chi connectivity index (χ0n) is 17.5. The quantitative estimate of drug-likeness (QED) is 0.458. The van der Waals surface area contributed by atoms with Crippen molar-refractivity contribution in [3.8, 4) is 0 Å². The van der Waals surface area contributed by atoms with Gasteiger partial charge in [-0.05, 0) is 56.2 Å². The molecule has 0 fully saturated rings. The fraction of sp³-hybridized carbons (Fsp3) is 0.318. The molecule has 0 unspecified atom stereocenters. The SMILES string of the molecule is CCNC(=NCc1ccc(S(C)(=O)=O)c(C)c1)NCc1oc2ccc(F)cc2c1C. The zero-order chi connectivity index (χ0) is 21.9. The maximum absolute atomic E-state index is 13.5. The van der Waals surface area contributed by atoms with E-state index in [0.29, 0.717) is 41.6 Å². The van der Waals surface area contributed by atoms with Crippen molar-refractivity contribution in [1.82, 2.24) is 10.6 Å². The highest BCUT2D eigenvalue weighted by molar-refractivity contribution is 7.90. The molecule has 0 amide bonds. The van der Waals surface area contributed by atoms with E-state index in [1.54, 1.807) is 25.1 Å². The molecule has 3 aromatic rings. The number of hydrogen-bond acceptors (Lipinski definition) is 4. The van der Waals surface area contributed by atoms with Gasteiger partial charge in [-0.2, -0.15) is 0 Å². The molecule has 3 rings (SSSR count). The maximum Gasteiger partial charge on any atom is 0.191 e. The number of halogens is 1. The van der Waals surface area contributed by atoms with Gasteiger partial charge in [0.1, 0.15) is 17.2 Å². The Morgan fingerprint density at radius 2 is 1.90 bits per heavy atom. The lowest BCUT2D eigenvalue weighted by molar-refractivity contribution is 0.534. The Hall–Kier alpha value is -2.87. The molecule has 30 heavy (non-hydrogen) atoms. The Labute approximate surface area is 176 Å². The normalized spacial score (nSPS) is 12.4. The molecular weight excluding hydrogens is 405 g/mol. The van der Waals surface area contributed by atoms with Crippen molar-refractivity contribution in [2.24, 2.45) is 4.99 Å². The van der Waals surface area contributed by atoms with Crippen LogP contribution in [0.2, 0.25) is 0 Å². The molecule has 0 aliphatic rings. The Morgan fingerprint density at radius 1 is 1.13 bits per heavy atom. The molecule has 0 radical (unpaired) electrons. The molecule has 160 valence electrons. The molecule has 0 aliphatic heterocycles. The number of aryl methyl sites for hydroxylation is 2. The standard InChI is InChI=1S/C22H26FN3O3S/c1-5-24-22(25-12-16-6-9-21(14(2)10-16)30(4,27)28)26-13-20-15(3)18-11-17(23)7-8-19(18)29-20/h6-11H,5,12-13H2,1-4H3,(H2,24,25,26). The van der Waals surface area contributed by atoms with Crippen LogP contribution in [0.25, 0.3) is 11.0 Å². The average molecular weight is 432 g/mol. The van der Waals surface area contributed by atoms with Crippen LogP contribution in [0, 0.1) is 19.7 Å². The number of nitrogens with zero attached hydrogens (tertiary/aromatic N) is 1. The van der Waals surface area contributed by atoms with Crippen LogP contribution in [0.1, 0.15) is 29.4 Å². The predicted octanol–water partition coefficient (Wildman–Crippen LogP) is 3.85. The van der Waals surface area contributed by atoms with Crippen LogP contribution in [0.3, 0.4) is 0 Å². The monoisotopic (exact) mass is 431 g/mol. The number of guanidine groups is 1. The van der Waals surface area contributed by atoms with Crippen LogP contribution in [0.15, 0.2) is 50.7 Å². The van der Waals surface area contributed by atoms with E-state index in [-0.39, 0.29) is 5.82 Å². The molecule has 8 heteroatoms. The largest absolute Gasteiger partial charge is 0.459 e. The van der Waals surface area contributed by atoms with E-state index in [1.807, 2.05) is 19.9 Å². The van der Waals surface area contributed by atoms with E-state index in [1.165, 1.54) is 18.4 Å². The molecule has 0 spiro atoms. The smallest absolute Gasteiger partial charge is 0.191 e. The molecule has 1 aromatic heterocycles. The number of rotatable bonds is 6. The molecule has 0 saturated carbocycles. The molecule has 0 aliphatic carbocycles. The Balaban J connectivity index is 1.74. The van der Waals surface area contributed by atoms with Gasteiger partial charge in [-0.15, -0.1) is 0 Å². The number of sulfone groups is 1. The fourth-order valence-electron chi connectivity index (χ4n) is 3.31. The van der Waals surface area contributed by atoms with E-state index in [9.17, 15) is 12.8 Å². The third-order valence-corrected chi connectivity index (χ3v) is 6.07. The summed E-state index contributed by atoms with van der Waals surface area (Å²) in [7, 11) is -3.24. The second-order valence-corrected chi connectivity index (χ2v) is 9.20. The van der Waals surface area contributed by atoms with Gasteiger partial charge in [0, 0.05) is 23.8 Å². The van der Waals surface area contributed by atoms with Crippen molar-refractivity contribution in [3.05, 3.63) is 64.7 Å². The molecular formula is C22H26FN3O3S.